The summed E-state index contributed by atoms with van der Waals surface area (Å²) in [6, 6.07) is -0.867. The monoisotopic (exact) mass is 237 g/mol. The van der Waals surface area contributed by atoms with Crippen molar-refractivity contribution >= 4 is 17.8 Å². The van der Waals surface area contributed by atoms with Gasteiger partial charge in [0.2, 0.25) is 5.91 Å². The van der Waals surface area contributed by atoms with Crippen LogP contribution in [0.15, 0.2) is 0 Å². The number of carbonyl (C=O) groups is 3. The van der Waals surface area contributed by atoms with Crippen molar-refractivity contribution in [1.29, 1.82) is 0 Å². The van der Waals surface area contributed by atoms with Crippen molar-refractivity contribution < 1.29 is 14.4 Å². The van der Waals surface area contributed by atoms with E-state index in [1.54, 1.807) is 9.80 Å². The van der Waals surface area contributed by atoms with Crippen molar-refractivity contribution in [2.24, 2.45) is 5.92 Å². The van der Waals surface area contributed by atoms with Gasteiger partial charge in [-0.25, -0.2) is 4.79 Å². The Morgan fingerprint density at radius 2 is 2.12 bits per heavy atom. The maximum atomic E-state index is 12.0. The number of piperazine rings is 1. The summed E-state index contributed by atoms with van der Waals surface area (Å²) in [6.07, 6.45) is 0.738. The summed E-state index contributed by atoms with van der Waals surface area (Å²) in [5, 5.41) is 2.32. The highest BCUT2D eigenvalue weighted by Crippen LogP contribution is 2.38. The molecule has 3 aliphatic heterocycles. The van der Waals surface area contributed by atoms with Crippen LogP contribution in [0.4, 0.5) is 4.79 Å². The number of imide groups is 1. The molecular weight excluding hydrogens is 222 g/mol. The number of fused-ring (bicyclic) bond motifs is 5. The lowest BCUT2D eigenvalue weighted by atomic mass is 10.1. The summed E-state index contributed by atoms with van der Waals surface area (Å²) in [7, 11) is 0. The Labute approximate surface area is 98.9 Å². The Bertz CT molecular complexity index is 420. The molecule has 2 bridgehead atoms. The molecule has 3 rings (SSSR count). The zero-order chi connectivity index (χ0) is 12.3. The third kappa shape index (κ3) is 1.23. The molecule has 0 aromatic heterocycles. The zero-order valence-corrected chi connectivity index (χ0v) is 9.84. The van der Waals surface area contributed by atoms with Crippen molar-refractivity contribution in [2.75, 3.05) is 6.54 Å². The predicted octanol–water partition coefficient (Wildman–Crippen LogP) is -0.454. The fourth-order valence-electron chi connectivity index (χ4n) is 3.18. The average Bonchev–Trinajstić information content (AvgIpc) is 2.89. The molecule has 6 heteroatoms. The van der Waals surface area contributed by atoms with Crippen molar-refractivity contribution in [3.8, 4) is 0 Å². The highest BCUT2D eigenvalue weighted by atomic mass is 16.2. The Morgan fingerprint density at radius 1 is 1.41 bits per heavy atom. The van der Waals surface area contributed by atoms with E-state index in [2.05, 4.69) is 5.32 Å². The first-order valence-corrected chi connectivity index (χ1v) is 5.94. The van der Waals surface area contributed by atoms with Gasteiger partial charge in [-0.05, 0) is 6.42 Å². The molecule has 0 aromatic carbocycles. The highest BCUT2D eigenvalue weighted by molar-refractivity contribution is 6.06. The van der Waals surface area contributed by atoms with Gasteiger partial charge in [0, 0.05) is 12.5 Å². The van der Waals surface area contributed by atoms with E-state index in [9.17, 15) is 14.4 Å². The minimum Gasteiger partial charge on any atom is -0.335 e. The van der Waals surface area contributed by atoms with Crippen LogP contribution in [0.1, 0.15) is 20.3 Å². The maximum absolute atomic E-state index is 12.0. The highest BCUT2D eigenvalue weighted by Gasteiger charge is 2.59. The van der Waals surface area contributed by atoms with Crippen LogP contribution >= 0.6 is 0 Å². The maximum Gasteiger partial charge on any atom is 0.325 e. The van der Waals surface area contributed by atoms with Gasteiger partial charge < -0.3 is 9.80 Å². The van der Waals surface area contributed by atoms with Crippen LogP contribution in [0.25, 0.3) is 0 Å². The first-order chi connectivity index (χ1) is 8.00. The molecule has 4 amide bonds. The standard InChI is InChI=1S/C11H15N3O3/c1-5(2)10(16)13-4-6-3-7(13)8-9(15)12-11(17)14(6)8/h5-8H,3-4H2,1-2H3,(H,12,15,17). The molecule has 3 aliphatic rings. The van der Waals surface area contributed by atoms with E-state index in [-0.39, 0.29) is 35.8 Å². The van der Waals surface area contributed by atoms with Gasteiger partial charge in [-0.3, -0.25) is 14.9 Å². The van der Waals surface area contributed by atoms with E-state index in [0.29, 0.717) is 6.54 Å². The van der Waals surface area contributed by atoms with Gasteiger partial charge in [0.05, 0.1) is 12.1 Å². The average molecular weight is 237 g/mol. The molecule has 0 saturated carbocycles. The predicted molar refractivity (Wildman–Crippen MR) is 57.9 cm³/mol. The Morgan fingerprint density at radius 3 is 2.76 bits per heavy atom. The quantitative estimate of drug-likeness (QED) is 0.628. The van der Waals surface area contributed by atoms with Crippen LogP contribution in [0.3, 0.4) is 0 Å². The second-order valence-corrected chi connectivity index (χ2v) is 5.25. The van der Waals surface area contributed by atoms with Gasteiger partial charge >= 0.3 is 6.03 Å². The van der Waals surface area contributed by atoms with Crippen LogP contribution in [0, 0.1) is 5.92 Å². The molecule has 0 aliphatic carbocycles. The normalized spacial score (nSPS) is 34.6. The zero-order valence-electron chi connectivity index (χ0n) is 9.84. The Balaban J connectivity index is 1.87. The van der Waals surface area contributed by atoms with Gasteiger partial charge in [-0.15, -0.1) is 0 Å². The molecule has 3 atom stereocenters. The molecule has 6 nitrogen and oxygen atoms in total. The largest absolute Gasteiger partial charge is 0.335 e. The van der Waals surface area contributed by atoms with Gasteiger partial charge in [0.25, 0.3) is 5.91 Å². The first-order valence-electron chi connectivity index (χ1n) is 5.94. The summed E-state index contributed by atoms with van der Waals surface area (Å²) in [4.78, 5) is 38.6. The molecule has 92 valence electrons. The van der Waals surface area contributed by atoms with E-state index in [1.165, 1.54) is 0 Å². The Kier molecular flexibility index (Phi) is 1.99. The molecule has 3 saturated heterocycles. The summed E-state index contributed by atoms with van der Waals surface area (Å²) in [5.41, 5.74) is 0. The molecule has 3 fully saturated rings. The molecule has 0 spiro atoms. The fourth-order valence-corrected chi connectivity index (χ4v) is 3.18. The lowest BCUT2D eigenvalue weighted by Crippen LogP contribution is -2.55. The molecule has 0 radical (unpaired) electrons. The lowest BCUT2D eigenvalue weighted by molar-refractivity contribution is -0.138. The van der Waals surface area contributed by atoms with Crippen molar-refractivity contribution in [3.05, 3.63) is 0 Å². The van der Waals surface area contributed by atoms with Crippen LogP contribution in [0.5, 0.6) is 0 Å². The lowest BCUT2D eigenvalue weighted by Gasteiger charge is -2.35. The van der Waals surface area contributed by atoms with E-state index in [0.717, 1.165) is 6.42 Å². The van der Waals surface area contributed by atoms with Gasteiger partial charge in [0.1, 0.15) is 6.04 Å². The number of carbonyl (C=O) groups excluding carboxylic acids is 3. The number of hydrogen-bond acceptors (Lipinski definition) is 3. The number of rotatable bonds is 1. The minimum absolute atomic E-state index is 0.0131. The summed E-state index contributed by atoms with van der Waals surface area (Å²) in [6.45, 7) is 4.27. The van der Waals surface area contributed by atoms with E-state index >= 15 is 0 Å². The SMILES string of the molecule is CC(C)C(=O)N1CC2CC1C1C(=O)NC(=O)N21. The van der Waals surface area contributed by atoms with Crippen molar-refractivity contribution in [2.45, 2.75) is 38.4 Å². The van der Waals surface area contributed by atoms with E-state index < -0.39 is 6.04 Å². The van der Waals surface area contributed by atoms with Crippen LogP contribution in [0.2, 0.25) is 0 Å². The number of urea groups is 1. The number of likely N-dealkylation sites (tertiary alicyclic amines) is 1. The summed E-state index contributed by atoms with van der Waals surface area (Å²) < 4.78 is 0. The molecule has 17 heavy (non-hydrogen) atoms. The van der Waals surface area contributed by atoms with Crippen molar-refractivity contribution in [3.63, 3.8) is 0 Å². The molecule has 0 aromatic rings. The van der Waals surface area contributed by atoms with Crippen molar-refractivity contribution in [1.82, 2.24) is 15.1 Å². The van der Waals surface area contributed by atoms with Crippen LogP contribution in [-0.2, 0) is 9.59 Å². The van der Waals surface area contributed by atoms with Gasteiger partial charge in [-0.2, -0.15) is 0 Å². The van der Waals surface area contributed by atoms with Gasteiger partial charge in [0.15, 0.2) is 0 Å². The third-order valence-electron chi connectivity index (χ3n) is 3.89. The molecule has 3 heterocycles. The van der Waals surface area contributed by atoms with Crippen LogP contribution < -0.4 is 5.32 Å². The second-order valence-electron chi connectivity index (χ2n) is 5.25. The second kappa shape index (κ2) is 3.21. The summed E-state index contributed by atoms with van der Waals surface area (Å²) in [5.74, 6) is -0.254. The number of hydrogen-bond donors (Lipinski definition) is 1. The fraction of sp³-hybridized carbons (Fsp3) is 0.727. The third-order valence-corrected chi connectivity index (χ3v) is 3.89. The van der Waals surface area contributed by atoms with Crippen LogP contribution in [-0.4, -0.2) is 52.3 Å². The Hall–Kier alpha value is -1.59. The van der Waals surface area contributed by atoms with E-state index in [1.807, 2.05) is 13.8 Å². The minimum atomic E-state index is -0.455. The summed E-state index contributed by atoms with van der Waals surface area (Å²) >= 11 is 0. The topological polar surface area (TPSA) is 69.7 Å². The number of nitrogens with zero attached hydrogens (tertiary/aromatic N) is 2. The smallest absolute Gasteiger partial charge is 0.325 e. The number of nitrogens with one attached hydrogen (secondary N) is 1. The molecular formula is C11H15N3O3. The molecule has 3 unspecified atom stereocenters. The molecule has 1 N–H and O–H groups in total. The number of amides is 4. The van der Waals surface area contributed by atoms with Gasteiger partial charge in [-0.1, -0.05) is 13.8 Å². The van der Waals surface area contributed by atoms with E-state index in [4.69, 9.17) is 0 Å². The first kappa shape index (κ1) is 10.6.